The lowest BCUT2D eigenvalue weighted by molar-refractivity contribution is 0.0269. The van der Waals surface area contributed by atoms with Crippen molar-refractivity contribution in [3.05, 3.63) is 28.2 Å². The van der Waals surface area contributed by atoms with E-state index >= 15 is 0 Å². The number of anilines is 1. The molecule has 0 aromatic heterocycles. The molecule has 1 fully saturated rings. The monoisotopic (exact) mass is 312 g/mol. The van der Waals surface area contributed by atoms with Crippen LogP contribution in [-0.4, -0.2) is 37.1 Å². The summed E-state index contributed by atoms with van der Waals surface area (Å²) in [6.07, 6.45) is 2.12. The van der Waals surface area contributed by atoms with Gasteiger partial charge in [0, 0.05) is 30.4 Å². The number of nitrogen functional groups attached to an aromatic ring is 1. The fraction of sp³-hybridized carbons (Fsp3) is 0.462. The van der Waals surface area contributed by atoms with Crippen LogP contribution in [0.2, 0.25) is 0 Å². The second kappa shape index (κ2) is 5.71. The first-order valence-corrected chi connectivity index (χ1v) is 6.78. The molecular weight excluding hydrogens is 296 g/mol. The predicted molar refractivity (Wildman–Crippen MR) is 74.5 cm³/mol. The summed E-state index contributed by atoms with van der Waals surface area (Å²) in [4.78, 5) is 14.2. The Hall–Kier alpha value is -1.07. The van der Waals surface area contributed by atoms with Crippen LogP contribution in [0, 0.1) is 0 Å². The summed E-state index contributed by atoms with van der Waals surface area (Å²) < 4.78 is 6.20. The maximum atomic E-state index is 12.4. The number of nitrogens with two attached hydrogens (primary N) is 1. The number of benzene rings is 1. The highest BCUT2D eigenvalue weighted by Gasteiger charge is 2.25. The normalized spacial score (nSPS) is 19.9. The summed E-state index contributed by atoms with van der Waals surface area (Å²) in [5, 5.41) is 0. The maximum absolute atomic E-state index is 12.4. The van der Waals surface area contributed by atoms with Gasteiger partial charge in [-0.25, -0.2) is 0 Å². The summed E-state index contributed by atoms with van der Waals surface area (Å²) in [7, 11) is 1.69. The average Bonchev–Trinajstić information content (AvgIpc) is 2.38. The van der Waals surface area contributed by atoms with Gasteiger partial charge >= 0.3 is 0 Å². The molecule has 5 heteroatoms. The van der Waals surface area contributed by atoms with Crippen molar-refractivity contribution in [2.24, 2.45) is 0 Å². The lowest BCUT2D eigenvalue weighted by atomic mass is 10.1. The number of carbonyl (C=O) groups excluding carboxylic acids is 1. The van der Waals surface area contributed by atoms with Crippen LogP contribution in [-0.2, 0) is 4.74 Å². The molecule has 1 amide bonds. The Morgan fingerprint density at radius 3 is 3.00 bits per heavy atom. The third-order valence-corrected chi connectivity index (χ3v) is 3.74. The summed E-state index contributed by atoms with van der Waals surface area (Å²) >= 11 is 3.34. The predicted octanol–water partition coefficient (Wildman–Crippen LogP) is 2.28. The molecule has 1 aromatic carbocycles. The van der Waals surface area contributed by atoms with Gasteiger partial charge in [-0.05, 0) is 31.0 Å². The number of carbonyl (C=O) groups is 1. The van der Waals surface area contributed by atoms with Gasteiger partial charge in [0.25, 0.3) is 5.91 Å². The van der Waals surface area contributed by atoms with Gasteiger partial charge in [-0.2, -0.15) is 0 Å². The third-order valence-electron chi connectivity index (χ3n) is 3.24. The highest BCUT2D eigenvalue weighted by atomic mass is 79.9. The van der Waals surface area contributed by atoms with Crippen molar-refractivity contribution in [2.45, 2.75) is 18.9 Å². The molecule has 4 nitrogen and oxygen atoms in total. The van der Waals surface area contributed by atoms with Gasteiger partial charge in [0.05, 0.1) is 11.7 Å². The molecule has 1 saturated heterocycles. The molecule has 0 bridgehead atoms. The summed E-state index contributed by atoms with van der Waals surface area (Å²) in [5.74, 6) is -0.0123. The maximum Gasteiger partial charge on any atom is 0.256 e. The second-order valence-corrected chi connectivity index (χ2v) is 5.40. The topological polar surface area (TPSA) is 55.6 Å². The molecule has 2 N–H and O–H groups in total. The number of amides is 1. The first-order chi connectivity index (χ1) is 8.61. The van der Waals surface area contributed by atoms with Crippen LogP contribution >= 0.6 is 15.9 Å². The fourth-order valence-corrected chi connectivity index (χ4v) is 2.59. The molecule has 1 heterocycles. The van der Waals surface area contributed by atoms with Crippen molar-refractivity contribution in [2.75, 3.05) is 25.9 Å². The highest BCUT2D eigenvalue weighted by molar-refractivity contribution is 9.10. The molecule has 2 rings (SSSR count). The van der Waals surface area contributed by atoms with Gasteiger partial charge in [0.15, 0.2) is 0 Å². The van der Waals surface area contributed by atoms with E-state index in [1.807, 2.05) is 11.0 Å². The number of hydrogen-bond acceptors (Lipinski definition) is 3. The summed E-state index contributed by atoms with van der Waals surface area (Å²) in [5.41, 5.74) is 6.96. The smallest absolute Gasteiger partial charge is 0.256 e. The number of halogens is 1. The number of hydrogen-bond donors (Lipinski definition) is 1. The van der Waals surface area contributed by atoms with Gasteiger partial charge < -0.3 is 15.4 Å². The van der Waals surface area contributed by atoms with Crippen LogP contribution in [0.15, 0.2) is 22.7 Å². The van der Waals surface area contributed by atoms with E-state index in [-0.39, 0.29) is 12.0 Å². The minimum Gasteiger partial charge on any atom is -0.398 e. The first-order valence-electron chi connectivity index (χ1n) is 5.99. The Labute approximate surface area is 115 Å². The number of piperidine rings is 1. The van der Waals surface area contributed by atoms with E-state index in [2.05, 4.69) is 15.9 Å². The van der Waals surface area contributed by atoms with Gasteiger partial charge in [-0.15, -0.1) is 0 Å². The van der Waals surface area contributed by atoms with Crippen molar-refractivity contribution in [1.29, 1.82) is 0 Å². The lowest BCUT2D eigenvalue weighted by Crippen LogP contribution is -2.43. The zero-order chi connectivity index (χ0) is 13.1. The Morgan fingerprint density at radius 2 is 2.33 bits per heavy atom. The van der Waals surface area contributed by atoms with E-state index < -0.39 is 0 Å². The van der Waals surface area contributed by atoms with Crippen molar-refractivity contribution < 1.29 is 9.53 Å². The molecule has 18 heavy (non-hydrogen) atoms. The van der Waals surface area contributed by atoms with Crippen molar-refractivity contribution in [1.82, 2.24) is 4.90 Å². The van der Waals surface area contributed by atoms with E-state index in [9.17, 15) is 4.79 Å². The molecule has 1 aromatic rings. The van der Waals surface area contributed by atoms with Crippen LogP contribution in [0.1, 0.15) is 23.2 Å². The molecule has 0 saturated carbocycles. The quantitative estimate of drug-likeness (QED) is 0.852. The van der Waals surface area contributed by atoms with E-state index in [0.717, 1.165) is 23.9 Å². The molecule has 1 aliphatic heterocycles. The molecule has 0 radical (unpaired) electrons. The number of ether oxygens (including phenoxy) is 1. The molecule has 1 aliphatic rings. The number of rotatable bonds is 2. The van der Waals surface area contributed by atoms with E-state index in [1.165, 1.54) is 0 Å². The van der Waals surface area contributed by atoms with Crippen LogP contribution < -0.4 is 5.73 Å². The Morgan fingerprint density at radius 1 is 1.56 bits per heavy atom. The minimum absolute atomic E-state index is 0.0123. The van der Waals surface area contributed by atoms with Gasteiger partial charge in [-0.1, -0.05) is 15.9 Å². The molecule has 1 atom stereocenters. The second-order valence-electron chi connectivity index (χ2n) is 4.48. The molecule has 1 unspecified atom stereocenters. The van der Waals surface area contributed by atoms with Crippen molar-refractivity contribution in [3.63, 3.8) is 0 Å². The Kier molecular flexibility index (Phi) is 4.24. The van der Waals surface area contributed by atoms with Crippen LogP contribution in [0.25, 0.3) is 0 Å². The number of nitrogens with zero attached hydrogens (tertiary/aromatic N) is 1. The van der Waals surface area contributed by atoms with E-state index in [0.29, 0.717) is 17.8 Å². The van der Waals surface area contributed by atoms with E-state index in [1.54, 1.807) is 19.2 Å². The van der Waals surface area contributed by atoms with Gasteiger partial charge in [0.1, 0.15) is 0 Å². The fourth-order valence-electron chi connectivity index (χ4n) is 2.21. The molecule has 0 spiro atoms. The third kappa shape index (κ3) is 2.84. The van der Waals surface area contributed by atoms with Crippen LogP contribution in [0.4, 0.5) is 5.69 Å². The Balaban J connectivity index is 2.15. The zero-order valence-corrected chi connectivity index (χ0v) is 11.9. The first kappa shape index (κ1) is 13.4. The van der Waals surface area contributed by atoms with Gasteiger partial charge in [0.2, 0.25) is 0 Å². The zero-order valence-electron chi connectivity index (χ0n) is 10.4. The standard InChI is InChI=1S/C13H17BrN2O2/c1-18-10-3-2-6-16(8-10)13(17)11-5-4-9(14)7-12(11)15/h4-5,7,10H,2-3,6,8,15H2,1H3. The molecular formula is C13H17BrN2O2. The van der Waals surface area contributed by atoms with Crippen LogP contribution in [0.5, 0.6) is 0 Å². The largest absolute Gasteiger partial charge is 0.398 e. The number of methoxy groups -OCH3 is 1. The van der Waals surface area contributed by atoms with Crippen LogP contribution in [0.3, 0.4) is 0 Å². The van der Waals surface area contributed by atoms with E-state index in [4.69, 9.17) is 10.5 Å². The molecule has 98 valence electrons. The van der Waals surface area contributed by atoms with Crippen molar-refractivity contribution >= 4 is 27.5 Å². The Bertz CT molecular complexity index is 451. The van der Waals surface area contributed by atoms with Crippen molar-refractivity contribution in [3.8, 4) is 0 Å². The lowest BCUT2D eigenvalue weighted by Gasteiger charge is -2.32. The SMILES string of the molecule is COC1CCCN(C(=O)c2ccc(Br)cc2N)C1. The average molecular weight is 313 g/mol. The minimum atomic E-state index is -0.0123. The highest BCUT2D eigenvalue weighted by Crippen LogP contribution is 2.22. The molecule has 0 aliphatic carbocycles. The summed E-state index contributed by atoms with van der Waals surface area (Å²) in [6, 6.07) is 5.35. The summed E-state index contributed by atoms with van der Waals surface area (Å²) in [6.45, 7) is 1.42. The number of likely N-dealkylation sites (tertiary alicyclic amines) is 1. The van der Waals surface area contributed by atoms with Gasteiger partial charge in [-0.3, -0.25) is 4.79 Å².